The highest BCUT2D eigenvalue weighted by Gasteiger charge is 2.13. The van der Waals surface area contributed by atoms with Crippen molar-refractivity contribution in [2.24, 2.45) is 0 Å². The Labute approximate surface area is 151 Å². The van der Waals surface area contributed by atoms with Crippen molar-refractivity contribution in [2.75, 3.05) is 5.32 Å². The number of hydrogen-bond donors (Lipinski definition) is 1. The van der Waals surface area contributed by atoms with Crippen molar-refractivity contribution in [2.45, 2.75) is 0 Å². The van der Waals surface area contributed by atoms with E-state index in [1.807, 2.05) is 0 Å². The SMILES string of the molecule is O=C(Nc1ccc(-c2cc3ocnc3cc2Cl)cn1)c1ccncc1F. The molecule has 0 unspecified atom stereocenters. The van der Waals surface area contributed by atoms with Crippen molar-refractivity contribution in [3.8, 4) is 11.1 Å². The first-order valence-corrected chi connectivity index (χ1v) is 7.89. The second-order valence-electron chi connectivity index (χ2n) is 5.39. The van der Waals surface area contributed by atoms with E-state index in [1.165, 1.54) is 18.7 Å². The van der Waals surface area contributed by atoms with Crippen LogP contribution in [-0.4, -0.2) is 20.9 Å². The Balaban J connectivity index is 1.59. The minimum Gasteiger partial charge on any atom is -0.443 e. The highest BCUT2D eigenvalue weighted by atomic mass is 35.5. The number of aromatic nitrogens is 3. The number of oxazole rings is 1. The van der Waals surface area contributed by atoms with E-state index in [2.05, 4.69) is 20.3 Å². The normalized spacial score (nSPS) is 10.8. The van der Waals surface area contributed by atoms with Crippen LogP contribution in [0.5, 0.6) is 0 Å². The van der Waals surface area contributed by atoms with Gasteiger partial charge in [-0.3, -0.25) is 9.78 Å². The molecule has 0 aliphatic carbocycles. The lowest BCUT2D eigenvalue weighted by molar-refractivity contribution is 0.102. The molecule has 4 aromatic rings. The number of carbonyl (C=O) groups excluding carboxylic acids is 1. The van der Waals surface area contributed by atoms with Crippen LogP contribution >= 0.6 is 11.6 Å². The van der Waals surface area contributed by atoms with E-state index >= 15 is 0 Å². The molecule has 3 aromatic heterocycles. The van der Waals surface area contributed by atoms with E-state index in [-0.39, 0.29) is 11.4 Å². The third-order valence-corrected chi connectivity index (χ3v) is 4.07. The summed E-state index contributed by atoms with van der Waals surface area (Å²) < 4.78 is 18.9. The Kier molecular flexibility index (Phi) is 4.06. The molecule has 128 valence electrons. The van der Waals surface area contributed by atoms with Crippen LogP contribution in [0, 0.1) is 5.82 Å². The van der Waals surface area contributed by atoms with Gasteiger partial charge < -0.3 is 9.73 Å². The minimum absolute atomic E-state index is 0.107. The summed E-state index contributed by atoms with van der Waals surface area (Å²) in [6.45, 7) is 0. The van der Waals surface area contributed by atoms with Crippen LogP contribution in [0.3, 0.4) is 0 Å². The summed E-state index contributed by atoms with van der Waals surface area (Å²) in [6, 6.07) is 8.12. The number of fused-ring (bicyclic) bond motifs is 1. The smallest absolute Gasteiger partial charge is 0.259 e. The predicted octanol–water partition coefficient (Wildman–Crippen LogP) is 4.33. The number of carbonyl (C=O) groups is 1. The fourth-order valence-corrected chi connectivity index (χ4v) is 2.74. The molecule has 1 aromatic carbocycles. The number of rotatable bonds is 3. The number of nitrogens with one attached hydrogen (secondary N) is 1. The predicted molar refractivity (Wildman–Crippen MR) is 94.4 cm³/mol. The van der Waals surface area contributed by atoms with E-state index in [4.69, 9.17) is 16.0 Å². The molecule has 6 nitrogen and oxygen atoms in total. The van der Waals surface area contributed by atoms with Crippen LogP contribution in [0.15, 0.2) is 59.7 Å². The molecule has 0 radical (unpaired) electrons. The van der Waals surface area contributed by atoms with Gasteiger partial charge in [0.05, 0.1) is 16.8 Å². The maximum absolute atomic E-state index is 13.6. The molecule has 0 aliphatic heterocycles. The highest BCUT2D eigenvalue weighted by Crippen LogP contribution is 2.31. The monoisotopic (exact) mass is 368 g/mol. The molecule has 3 heterocycles. The van der Waals surface area contributed by atoms with Crippen LogP contribution in [0.2, 0.25) is 5.02 Å². The summed E-state index contributed by atoms with van der Waals surface area (Å²) in [6.07, 6.45) is 5.23. The second kappa shape index (κ2) is 6.53. The van der Waals surface area contributed by atoms with E-state index in [0.29, 0.717) is 16.1 Å². The Morgan fingerprint density at radius 3 is 2.81 bits per heavy atom. The van der Waals surface area contributed by atoms with Gasteiger partial charge >= 0.3 is 0 Å². The molecular formula is C18H10ClFN4O2. The van der Waals surface area contributed by atoms with Crippen molar-refractivity contribution >= 4 is 34.4 Å². The first-order chi connectivity index (χ1) is 12.6. The maximum Gasteiger partial charge on any atom is 0.259 e. The summed E-state index contributed by atoms with van der Waals surface area (Å²) in [7, 11) is 0. The largest absolute Gasteiger partial charge is 0.443 e. The molecule has 26 heavy (non-hydrogen) atoms. The van der Waals surface area contributed by atoms with Crippen molar-refractivity contribution in [1.82, 2.24) is 15.0 Å². The summed E-state index contributed by atoms with van der Waals surface area (Å²) in [5.41, 5.74) is 2.62. The number of anilines is 1. The zero-order valence-corrected chi connectivity index (χ0v) is 13.9. The van der Waals surface area contributed by atoms with Crippen LogP contribution in [0.1, 0.15) is 10.4 Å². The lowest BCUT2D eigenvalue weighted by Crippen LogP contribution is -2.14. The van der Waals surface area contributed by atoms with Gasteiger partial charge in [-0.1, -0.05) is 11.6 Å². The topological polar surface area (TPSA) is 80.9 Å². The van der Waals surface area contributed by atoms with Crippen LogP contribution in [0.4, 0.5) is 10.2 Å². The summed E-state index contributed by atoms with van der Waals surface area (Å²) in [4.78, 5) is 23.9. The molecule has 1 amide bonds. The fraction of sp³-hybridized carbons (Fsp3) is 0. The van der Waals surface area contributed by atoms with E-state index in [1.54, 1.807) is 30.5 Å². The summed E-state index contributed by atoms with van der Waals surface area (Å²) >= 11 is 6.29. The number of halogens is 2. The first kappa shape index (κ1) is 16.2. The van der Waals surface area contributed by atoms with Crippen molar-refractivity contribution < 1.29 is 13.6 Å². The average Bonchev–Trinajstić information content (AvgIpc) is 3.09. The number of amides is 1. The van der Waals surface area contributed by atoms with Gasteiger partial charge in [0, 0.05) is 23.5 Å². The van der Waals surface area contributed by atoms with Crippen LogP contribution in [0.25, 0.3) is 22.2 Å². The number of pyridine rings is 2. The summed E-state index contributed by atoms with van der Waals surface area (Å²) in [5, 5.41) is 3.04. The Hall–Kier alpha value is -3.32. The molecule has 0 atom stereocenters. The van der Waals surface area contributed by atoms with E-state index < -0.39 is 11.7 Å². The van der Waals surface area contributed by atoms with Gasteiger partial charge in [-0.15, -0.1) is 0 Å². The van der Waals surface area contributed by atoms with Gasteiger partial charge in [0.15, 0.2) is 17.8 Å². The third-order valence-electron chi connectivity index (χ3n) is 3.75. The molecule has 8 heteroatoms. The van der Waals surface area contributed by atoms with Gasteiger partial charge in [0.1, 0.15) is 11.3 Å². The third kappa shape index (κ3) is 3.00. The molecule has 0 spiro atoms. The molecule has 1 N–H and O–H groups in total. The Morgan fingerprint density at radius 2 is 2.04 bits per heavy atom. The lowest BCUT2D eigenvalue weighted by atomic mass is 10.1. The zero-order valence-electron chi connectivity index (χ0n) is 13.1. The molecule has 0 saturated heterocycles. The van der Waals surface area contributed by atoms with E-state index in [9.17, 15) is 9.18 Å². The van der Waals surface area contributed by atoms with Gasteiger partial charge in [0.2, 0.25) is 0 Å². The summed E-state index contributed by atoms with van der Waals surface area (Å²) in [5.74, 6) is -1.02. The standard InChI is InChI=1S/C18H10ClFN4O2/c19-13-6-15-16(26-9-23-15)5-12(13)10-1-2-17(22-7-10)24-18(25)11-3-4-21-8-14(11)20/h1-9H,(H,22,24,25). The first-order valence-electron chi connectivity index (χ1n) is 7.52. The quantitative estimate of drug-likeness (QED) is 0.582. The fourth-order valence-electron chi connectivity index (χ4n) is 2.47. The molecule has 0 aliphatic rings. The maximum atomic E-state index is 13.6. The molecular weight excluding hydrogens is 359 g/mol. The molecule has 0 saturated carbocycles. The zero-order chi connectivity index (χ0) is 18.1. The average molecular weight is 369 g/mol. The Morgan fingerprint density at radius 1 is 1.15 bits per heavy atom. The van der Waals surface area contributed by atoms with Crippen LogP contribution in [-0.2, 0) is 0 Å². The van der Waals surface area contributed by atoms with Crippen molar-refractivity contribution in [3.05, 3.63) is 71.7 Å². The van der Waals surface area contributed by atoms with Gasteiger partial charge in [-0.05, 0) is 30.3 Å². The Bertz CT molecular complexity index is 1110. The van der Waals surface area contributed by atoms with E-state index in [0.717, 1.165) is 17.3 Å². The highest BCUT2D eigenvalue weighted by molar-refractivity contribution is 6.34. The van der Waals surface area contributed by atoms with Crippen molar-refractivity contribution in [1.29, 1.82) is 0 Å². The number of hydrogen-bond acceptors (Lipinski definition) is 5. The second-order valence-corrected chi connectivity index (χ2v) is 5.80. The van der Waals surface area contributed by atoms with Gasteiger partial charge in [-0.25, -0.2) is 14.4 Å². The number of nitrogens with zero attached hydrogens (tertiary/aromatic N) is 3. The molecule has 0 fully saturated rings. The number of benzene rings is 1. The van der Waals surface area contributed by atoms with Crippen LogP contribution < -0.4 is 5.32 Å². The van der Waals surface area contributed by atoms with Gasteiger partial charge in [-0.2, -0.15) is 0 Å². The lowest BCUT2D eigenvalue weighted by Gasteiger charge is -2.07. The molecule has 4 rings (SSSR count). The van der Waals surface area contributed by atoms with Crippen molar-refractivity contribution in [3.63, 3.8) is 0 Å². The minimum atomic E-state index is -0.700. The van der Waals surface area contributed by atoms with Gasteiger partial charge in [0.25, 0.3) is 5.91 Å². The molecule has 0 bridgehead atoms.